The maximum absolute atomic E-state index is 15.1. The van der Waals surface area contributed by atoms with Crippen LogP contribution in [-0.2, 0) is 18.5 Å². The Balaban J connectivity index is 1.23. The van der Waals surface area contributed by atoms with Crippen LogP contribution in [0.15, 0.2) is 42.7 Å². The molecule has 4 aromatic rings. The van der Waals surface area contributed by atoms with Crippen LogP contribution in [0.5, 0.6) is 0 Å². The summed E-state index contributed by atoms with van der Waals surface area (Å²) >= 11 is 0. The van der Waals surface area contributed by atoms with Crippen LogP contribution in [0.2, 0.25) is 25.7 Å². The van der Waals surface area contributed by atoms with Gasteiger partial charge in [0, 0.05) is 64.0 Å². The molecule has 224 valence electrons. The fourth-order valence-corrected chi connectivity index (χ4v) is 5.42. The summed E-state index contributed by atoms with van der Waals surface area (Å²) in [6.07, 6.45) is 4.57. The van der Waals surface area contributed by atoms with E-state index in [1.165, 1.54) is 23.0 Å². The van der Waals surface area contributed by atoms with Gasteiger partial charge >= 0.3 is 0 Å². The summed E-state index contributed by atoms with van der Waals surface area (Å²) in [5.74, 6) is 0.372. The van der Waals surface area contributed by atoms with Crippen LogP contribution in [0.4, 0.5) is 26.2 Å². The third-order valence-corrected chi connectivity index (χ3v) is 9.09. The number of halogens is 2. The Bertz CT molecular complexity index is 1520. The second-order valence-electron chi connectivity index (χ2n) is 12.3. The van der Waals surface area contributed by atoms with E-state index in [2.05, 4.69) is 50.0 Å². The number of hydrogen-bond donors (Lipinski definition) is 2. The Hall–Kier alpha value is -3.68. The normalized spacial score (nSPS) is 15.3. The van der Waals surface area contributed by atoms with Gasteiger partial charge in [-0.05, 0) is 56.1 Å². The number of nitrogens with one attached hydrogen (secondary N) is 1. The fraction of sp³-hybridized carbons (Fsp3) is 0.448. The van der Waals surface area contributed by atoms with E-state index < -0.39 is 25.4 Å². The molecular weight excluding hydrogens is 558 g/mol. The lowest BCUT2D eigenvalue weighted by molar-refractivity contribution is 0.0350. The first-order chi connectivity index (χ1) is 19.9. The summed E-state index contributed by atoms with van der Waals surface area (Å²) in [5.41, 5.74) is 0.732. The molecule has 3 aromatic heterocycles. The van der Waals surface area contributed by atoms with Gasteiger partial charge in [0.2, 0.25) is 11.9 Å². The Morgan fingerprint density at radius 1 is 1.07 bits per heavy atom. The zero-order valence-electron chi connectivity index (χ0n) is 24.7. The average molecular weight is 597 g/mol. The van der Waals surface area contributed by atoms with E-state index in [9.17, 15) is 9.50 Å². The minimum atomic E-state index is -1.23. The first-order valence-corrected chi connectivity index (χ1v) is 17.8. The number of hydrogen-bond acceptors (Lipinski definition) is 8. The molecule has 0 aliphatic carbocycles. The summed E-state index contributed by atoms with van der Waals surface area (Å²) in [6.45, 7) is 10.8. The first-order valence-electron chi connectivity index (χ1n) is 14.1. The molecule has 5 rings (SSSR count). The number of piperidine rings is 1. The van der Waals surface area contributed by atoms with Crippen molar-refractivity contribution in [2.45, 2.75) is 57.8 Å². The number of aliphatic hydroxyl groups is 1. The molecule has 0 unspecified atom stereocenters. The van der Waals surface area contributed by atoms with Gasteiger partial charge in [-0.1, -0.05) is 19.6 Å². The predicted molar refractivity (Wildman–Crippen MR) is 161 cm³/mol. The van der Waals surface area contributed by atoms with E-state index in [1.54, 1.807) is 24.0 Å². The zero-order valence-corrected chi connectivity index (χ0v) is 25.7. The number of pyridine rings is 1. The second-order valence-corrected chi connectivity index (χ2v) is 17.9. The van der Waals surface area contributed by atoms with Gasteiger partial charge in [0.1, 0.15) is 18.4 Å². The van der Waals surface area contributed by atoms with Crippen LogP contribution in [0.1, 0.15) is 19.8 Å². The molecule has 0 radical (unpaired) electrons. The number of anilines is 3. The van der Waals surface area contributed by atoms with Crippen molar-refractivity contribution in [2.24, 2.45) is 7.05 Å². The lowest BCUT2D eigenvalue weighted by atomic mass is 9.94. The molecule has 0 atom stereocenters. The van der Waals surface area contributed by atoms with Gasteiger partial charge in [-0.15, -0.1) is 10.2 Å². The van der Waals surface area contributed by atoms with Crippen molar-refractivity contribution in [3.63, 3.8) is 0 Å². The van der Waals surface area contributed by atoms with E-state index in [0.717, 1.165) is 30.5 Å². The molecule has 2 N–H and O–H groups in total. The summed E-state index contributed by atoms with van der Waals surface area (Å²) < 4.78 is 38.3. The van der Waals surface area contributed by atoms with Crippen molar-refractivity contribution in [1.82, 2.24) is 29.5 Å². The highest BCUT2D eigenvalue weighted by Gasteiger charge is 2.28. The minimum Gasteiger partial charge on any atom is -0.390 e. The molecule has 0 amide bonds. The van der Waals surface area contributed by atoms with E-state index >= 15 is 4.39 Å². The average Bonchev–Trinajstić information content (AvgIpc) is 3.48. The number of benzene rings is 1. The fourth-order valence-electron chi connectivity index (χ4n) is 4.66. The van der Waals surface area contributed by atoms with Crippen molar-refractivity contribution < 1.29 is 18.6 Å². The van der Waals surface area contributed by atoms with Gasteiger partial charge in [0.15, 0.2) is 5.82 Å². The molecule has 10 nitrogen and oxygen atoms in total. The van der Waals surface area contributed by atoms with E-state index in [1.807, 2.05) is 19.1 Å². The molecule has 42 heavy (non-hydrogen) atoms. The molecule has 0 saturated carbocycles. The van der Waals surface area contributed by atoms with Gasteiger partial charge in [-0.25, -0.2) is 18.7 Å². The zero-order chi connectivity index (χ0) is 30.1. The smallest absolute Gasteiger partial charge is 0.240 e. The van der Waals surface area contributed by atoms with Gasteiger partial charge in [-0.3, -0.25) is 0 Å². The number of nitrogens with zero attached hydrogens (tertiary/aromatic N) is 7. The third-order valence-electron chi connectivity index (χ3n) is 7.39. The highest BCUT2D eigenvalue weighted by atomic mass is 28.3. The molecule has 4 heterocycles. The number of ether oxygens (including phenoxy) is 1. The Kier molecular flexibility index (Phi) is 8.44. The quantitative estimate of drug-likeness (QED) is 0.185. The lowest BCUT2D eigenvalue weighted by Gasteiger charge is -2.36. The molecule has 1 aliphatic heterocycles. The van der Waals surface area contributed by atoms with Crippen molar-refractivity contribution in [2.75, 3.05) is 29.9 Å². The van der Waals surface area contributed by atoms with Gasteiger partial charge in [0.25, 0.3) is 0 Å². The summed E-state index contributed by atoms with van der Waals surface area (Å²) in [6, 6.07) is 9.28. The van der Waals surface area contributed by atoms with Crippen molar-refractivity contribution >= 4 is 25.5 Å². The van der Waals surface area contributed by atoms with Crippen LogP contribution < -0.4 is 10.2 Å². The summed E-state index contributed by atoms with van der Waals surface area (Å²) in [7, 11) is 0.505. The first kappa shape index (κ1) is 29.8. The van der Waals surface area contributed by atoms with Crippen molar-refractivity contribution in [3.8, 4) is 22.5 Å². The van der Waals surface area contributed by atoms with E-state index in [4.69, 9.17) is 4.74 Å². The van der Waals surface area contributed by atoms with Crippen molar-refractivity contribution in [3.05, 3.63) is 54.5 Å². The molecule has 0 bridgehead atoms. The Morgan fingerprint density at radius 3 is 2.50 bits per heavy atom. The molecule has 1 aromatic carbocycles. The maximum atomic E-state index is 15.1. The summed E-state index contributed by atoms with van der Waals surface area (Å²) in [4.78, 5) is 11.3. The number of rotatable bonds is 10. The molecule has 1 fully saturated rings. The molecule has 1 aliphatic rings. The van der Waals surface area contributed by atoms with Crippen LogP contribution in [0.25, 0.3) is 22.5 Å². The van der Waals surface area contributed by atoms with E-state index in [0.29, 0.717) is 36.9 Å². The summed E-state index contributed by atoms with van der Waals surface area (Å²) in [5, 5.41) is 21.6. The van der Waals surface area contributed by atoms with Crippen LogP contribution in [0, 0.1) is 11.8 Å². The Morgan fingerprint density at radius 2 is 1.83 bits per heavy atom. The lowest BCUT2D eigenvalue weighted by Crippen LogP contribution is -2.42. The highest BCUT2D eigenvalue weighted by molar-refractivity contribution is 6.76. The minimum absolute atomic E-state index is 0.0691. The Labute approximate surface area is 245 Å². The highest BCUT2D eigenvalue weighted by Crippen LogP contribution is 2.29. The molecular formula is C29H38F2N8O2Si. The number of aromatic nitrogens is 6. The number of aryl methyl sites for hydroxylation is 1. The molecule has 13 heteroatoms. The van der Waals surface area contributed by atoms with Gasteiger partial charge in [0.05, 0.1) is 11.2 Å². The van der Waals surface area contributed by atoms with Gasteiger partial charge in [-0.2, -0.15) is 9.37 Å². The van der Waals surface area contributed by atoms with E-state index in [-0.39, 0.29) is 17.9 Å². The monoisotopic (exact) mass is 596 g/mol. The maximum Gasteiger partial charge on any atom is 0.240 e. The van der Waals surface area contributed by atoms with Crippen molar-refractivity contribution in [1.29, 1.82) is 0 Å². The van der Waals surface area contributed by atoms with Crippen LogP contribution >= 0.6 is 0 Å². The topological polar surface area (TPSA) is 106 Å². The SMILES string of the molecule is Cn1nc(-c2ccc(N3CCC(C)(O)CC3)nc2)nc1Nc1ccc(-c2cn(COCC[Si](C)(C)C)nc2F)c(F)c1. The predicted octanol–water partition coefficient (Wildman–Crippen LogP) is 5.43. The molecule has 1 saturated heterocycles. The largest absolute Gasteiger partial charge is 0.390 e. The molecule has 0 spiro atoms. The van der Waals surface area contributed by atoms with Crippen LogP contribution in [0.3, 0.4) is 0 Å². The second kappa shape index (κ2) is 11.9. The van der Waals surface area contributed by atoms with Gasteiger partial charge < -0.3 is 20.1 Å². The standard InChI is InChI=1S/C29H38F2N8O2Si/c1-29(40)10-12-38(13-11-29)25-9-6-20(17-32-25)27-34-28(37(2)36-27)33-21-7-8-22(24(30)16-21)23-18-39(35-26(23)31)19-41-14-15-42(3,4)5/h6-9,16-18,40H,10-15,19H2,1-5H3,(H,33,34,36). The third kappa shape index (κ3) is 7.20. The van der Waals surface area contributed by atoms with Crippen LogP contribution in [-0.4, -0.2) is 68.0 Å².